The zero-order valence-corrected chi connectivity index (χ0v) is 20.5. The monoisotopic (exact) mass is 518 g/mol. The van der Waals surface area contributed by atoms with Crippen molar-refractivity contribution < 1.29 is 37.3 Å². The first-order valence-electron chi connectivity index (χ1n) is 12.4. The fourth-order valence-electron chi connectivity index (χ4n) is 5.63. The second-order valence-electron chi connectivity index (χ2n) is 9.89. The second-order valence-corrected chi connectivity index (χ2v) is 9.89. The van der Waals surface area contributed by atoms with Gasteiger partial charge in [0, 0.05) is 57.2 Å². The maximum absolute atomic E-state index is 14.0. The minimum Gasteiger partial charge on any atom is -0.492 e. The van der Waals surface area contributed by atoms with Crippen LogP contribution in [0.25, 0.3) is 0 Å². The van der Waals surface area contributed by atoms with Gasteiger partial charge in [0.1, 0.15) is 17.6 Å². The minimum atomic E-state index is -4.46. The molecule has 1 aliphatic carbocycles. The van der Waals surface area contributed by atoms with Crippen LogP contribution in [-0.4, -0.2) is 59.6 Å². The Labute approximate surface area is 212 Å². The van der Waals surface area contributed by atoms with E-state index in [1.54, 1.807) is 23.1 Å². The lowest BCUT2D eigenvalue weighted by Gasteiger charge is -2.35. The Bertz CT molecular complexity index is 1210. The molecule has 0 saturated carbocycles. The SMILES string of the molecule is CC(=O)N1CCN(Cc2c(C(F)(F)F)ccc3c2CC[C@H]3Oc2ccc3c(c2)OC[C@H]3CC(=O)O)CC1. The molecule has 0 unspecified atom stereocenters. The van der Waals surface area contributed by atoms with Crippen molar-refractivity contribution in [1.29, 1.82) is 0 Å². The van der Waals surface area contributed by atoms with E-state index < -0.39 is 17.7 Å². The van der Waals surface area contributed by atoms with E-state index in [0.29, 0.717) is 68.3 Å². The van der Waals surface area contributed by atoms with Crippen LogP contribution in [0.15, 0.2) is 30.3 Å². The van der Waals surface area contributed by atoms with Gasteiger partial charge in [-0.3, -0.25) is 14.5 Å². The third-order valence-electron chi connectivity index (χ3n) is 7.54. The van der Waals surface area contributed by atoms with Crippen molar-refractivity contribution >= 4 is 11.9 Å². The van der Waals surface area contributed by atoms with E-state index in [-0.39, 0.29) is 30.9 Å². The third kappa shape index (κ3) is 5.25. The molecule has 3 aliphatic rings. The van der Waals surface area contributed by atoms with Gasteiger partial charge >= 0.3 is 12.1 Å². The van der Waals surface area contributed by atoms with Gasteiger partial charge in [-0.05, 0) is 41.7 Å². The van der Waals surface area contributed by atoms with Crippen molar-refractivity contribution in [2.45, 2.75) is 50.9 Å². The first-order chi connectivity index (χ1) is 17.6. The van der Waals surface area contributed by atoms with Crippen LogP contribution in [0.3, 0.4) is 0 Å². The molecule has 1 fully saturated rings. The van der Waals surface area contributed by atoms with Crippen molar-refractivity contribution in [3.05, 3.63) is 58.1 Å². The Morgan fingerprint density at radius 1 is 1.11 bits per heavy atom. The normalized spacial score (nSPS) is 21.4. The Balaban J connectivity index is 1.36. The van der Waals surface area contributed by atoms with Crippen molar-refractivity contribution in [3.8, 4) is 11.5 Å². The van der Waals surface area contributed by atoms with Gasteiger partial charge in [0.25, 0.3) is 0 Å². The summed E-state index contributed by atoms with van der Waals surface area (Å²) in [7, 11) is 0. The van der Waals surface area contributed by atoms with E-state index in [1.165, 1.54) is 13.0 Å². The average Bonchev–Trinajstić information content (AvgIpc) is 3.42. The number of carboxylic acids is 1. The Hall–Kier alpha value is -3.27. The highest BCUT2D eigenvalue weighted by Gasteiger charge is 2.38. The number of hydrogen-bond donors (Lipinski definition) is 1. The molecule has 1 N–H and O–H groups in total. The Morgan fingerprint density at radius 3 is 2.51 bits per heavy atom. The van der Waals surface area contributed by atoms with E-state index in [4.69, 9.17) is 14.6 Å². The van der Waals surface area contributed by atoms with Crippen LogP contribution in [0.5, 0.6) is 11.5 Å². The minimum absolute atomic E-state index is 0.0165. The molecule has 2 aliphatic heterocycles. The second kappa shape index (κ2) is 9.89. The van der Waals surface area contributed by atoms with Gasteiger partial charge in [-0.1, -0.05) is 12.1 Å². The Morgan fingerprint density at radius 2 is 1.84 bits per heavy atom. The summed E-state index contributed by atoms with van der Waals surface area (Å²) in [5, 5.41) is 9.10. The lowest BCUT2D eigenvalue weighted by molar-refractivity contribution is -0.139. The number of hydrogen-bond acceptors (Lipinski definition) is 5. The van der Waals surface area contributed by atoms with Crippen LogP contribution in [-0.2, 0) is 28.7 Å². The molecule has 2 aromatic rings. The molecule has 37 heavy (non-hydrogen) atoms. The molecule has 2 heterocycles. The van der Waals surface area contributed by atoms with Gasteiger partial charge in [-0.15, -0.1) is 0 Å². The van der Waals surface area contributed by atoms with Gasteiger partial charge in [0.05, 0.1) is 18.6 Å². The van der Waals surface area contributed by atoms with E-state index in [1.807, 2.05) is 4.90 Å². The predicted molar refractivity (Wildman–Crippen MR) is 128 cm³/mol. The molecule has 0 bridgehead atoms. The molecule has 198 valence electrons. The number of alkyl halides is 3. The summed E-state index contributed by atoms with van der Waals surface area (Å²) in [6.45, 7) is 4.03. The number of nitrogens with zero attached hydrogens (tertiary/aromatic N) is 2. The fraction of sp³-hybridized carbons (Fsp3) is 0.481. The maximum Gasteiger partial charge on any atom is 0.416 e. The quantitative estimate of drug-likeness (QED) is 0.611. The van der Waals surface area contributed by atoms with Crippen molar-refractivity contribution in [1.82, 2.24) is 9.80 Å². The summed E-state index contributed by atoms with van der Waals surface area (Å²) >= 11 is 0. The number of rotatable bonds is 6. The number of carboxylic acid groups (broad SMARTS) is 1. The molecule has 1 saturated heterocycles. The number of carbonyl (C=O) groups excluding carboxylic acids is 1. The number of piperazine rings is 1. The first-order valence-corrected chi connectivity index (χ1v) is 12.4. The molecular formula is C27H29F3N2O5. The Kier molecular flexibility index (Phi) is 6.78. The topological polar surface area (TPSA) is 79.3 Å². The highest BCUT2D eigenvalue weighted by molar-refractivity contribution is 5.73. The highest BCUT2D eigenvalue weighted by Crippen LogP contribution is 2.44. The largest absolute Gasteiger partial charge is 0.492 e. The molecular weight excluding hydrogens is 489 g/mol. The average molecular weight is 519 g/mol. The van der Waals surface area contributed by atoms with Crippen molar-refractivity contribution in [2.75, 3.05) is 32.8 Å². The van der Waals surface area contributed by atoms with Crippen LogP contribution in [0.2, 0.25) is 0 Å². The van der Waals surface area contributed by atoms with Crippen LogP contribution < -0.4 is 9.47 Å². The summed E-state index contributed by atoms with van der Waals surface area (Å²) in [6.07, 6.45) is -3.83. The zero-order valence-electron chi connectivity index (χ0n) is 20.5. The number of fused-ring (bicyclic) bond motifs is 2. The third-order valence-corrected chi connectivity index (χ3v) is 7.54. The lowest BCUT2D eigenvalue weighted by atomic mass is 9.96. The van der Waals surface area contributed by atoms with E-state index in [9.17, 15) is 22.8 Å². The fourth-order valence-corrected chi connectivity index (χ4v) is 5.63. The van der Waals surface area contributed by atoms with E-state index in [0.717, 1.165) is 17.2 Å². The number of carbonyl (C=O) groups is 2. The maximum atomic E-state index is 14.0. The van der Waals surface area contributed by atoms with Gasteiger partial charge in [0.15, 0.2) is 0 Å². The molecule has 5 rings (SSSR count). The zero-order chi connectivity index (χ0) is 26.3. The van der Waals surface area contributed by atoms with Crippen LogP contribution in [0.1, 0.15) is 59.6 Å². The number of halogens is 3. The first kappa shape index (κ1) is 25.4. The number of amides is 1. The molecule has 0 radical (unpaired) electrons. The summed E-state index contributed by atoms with van der Waals surface area (Å²) in [6, 6.07) is 7.98. The van der Waals surface area contributed by atoms with Crippen LogP contribution in [0.4, 0.5) is 13.2 Å². The molecule has 2 atom stereocenters. The summed E-state index contributed by atoms with van der Waals surface area (Å²) in [4.78, 5) is 26.4. The molecule has 1 amide bonds. The van der Waals surface area contributed by atoms with Gasteiger partial charge in [0.2, 0.25) is 5.91 Å². The molecule has 10 heteroatoms. The van der Waals surface area contributed by atoms with E-state index in [2.05, 4.69) is 0 Å². The highest BCUT2D eigenvalue weighted by atomic mass is 19.4. The number of benzene rings is 2. The number of aliphatic carboxylic acids is 1. The number of ether oxygens (including phenoxy) is 2. The van der Waals surface area contributed by atoms with Crippen molar-refractivity contribution in [2.24, 2.45) is 0 Å². The van der Waals surface area contributed by atoms with Crippen molar-refractivity contribution in [3.63, 3.8) is 0 Å². The smallest absolute Gasteiger partial charge is 0.416 e. The summed E-state index contributed by atoms with van der Waals surface area (Å²) in [5.74, 6) is -0.00624. The molecule has 0 spiro atoms. The van der Waals surface area contributed by atoms with Gasteiger partial charge < -0.3 is 19.5 Å². The van der Waals surface area contributed by atoms with Crippen LogP contribution in [0, 0.1) is 0 Å². The standard InChI is InChI=1S/C27H29F3N2O5/c1-16(33)32-10-8-31(9-11-32)14-22-20-5-7-24(21(20)4-6-23(22)27(28,29)30)37-18-2-3-19-17(12-26(34)35)15-36-25(19)13-18/h2-4,6,13,17,24H,5,7-12,14-15H2,1H3,(H,34,35)/t17-,24-/m1/s1. The van der Waals surface area contributed by atoms with Gasteiger partial charge in [-0.2, -0.15) is 13.2 Å². The molecule has 0 aromatic heterocycles. The lowest BCUT2D eigenvalue weighted by Crippen LogP contribution is -2.47. The summed E-state index contributed by atoms with van der Waals surface area (Å²) in [5.41, 5.74) is 1.95. The van der Waals surface area contributed by atoms with Gasteiger partial charge in [-0.25, -0.2) is 0 Å². The predicted octanol–water partition coefficient (Wildman–Crippen LogP) is 4.39. The molecule has 7 nitrogen and oxygen atoms in total. The molecule has 2 aromatic carbocycles. The van der Waals surface area contributed by atoms with Crippen LogP contribution >= 0.6 is 0 Å². The summed E-state index contributed by atoms with van der Waals surface area (Å²) < 4.78 is 53.8. The van der Waals surface area contributed by atoms with E-state index >= 15 is 0 Å².